The third-order valence-electron chi connectivity index (χ3n) is 6.76. The van der Waals surface area contributed by atoms with Gasteiger partial charge in [-0.15, -0.1) is 11.8 Å². The van der Waals surface area contributed by atoms with E-state index >= 15 is 0 Å². The van der Waals surface area contributed by atoms with E-state index in [-0.39, 0.29) is 23.3 Å². The van der Waals surface area contributed by atoms with Gasteiger partial charge >= 0.3 is 10.8 Å². The van der Waals surface area contributed by atoms with E-state index < -0.39 is 0 Å². The number of thioether (sulfide) groups is 1. The maximum atomic E-state index is 12.9. The lowest BCUT2D eigenvalue weighted by Crippen LogP contribution is -2.34. The number of thiazole rings is 1. The normalized spacial score (nSPS) is 29.4. The standard InChI is InChI=1S/C22H25NO4S2/c1-3-27-16(24)11-23-21-20(29-22(23)25)18(14-6-4-5-7-15(14)26-2)17-12-8-9-13(10-12)19(17)28-21/h4-7,12-13,17-19H,3,8-11H2,1-2H3/t12?,13?,17?,18-,19?/m0/s1. The highest BCUT2D eigenvalue weighted by atomic mass is 32.2. The second-order valence-corrected chi connectivity index (χ2v) is 10.3. The van der Waals surface area contributed by atoms with Crippen molar-refractivity contribution in [2.24, 2.45) is 17.8 Å². The molecule has 4 unspecified atom stereocenters. The van der Waals surface area contributed by atoms with Crippen molar-refractivity contribution in [3.05, 3.63) is 44.4 Å². The zero-order valence-corrected chi connectivity index (χ0v) is 18.3. The Morgan fingerprint density at radius 1 is 1.24 bits per heavy atom. The predicted octanol–water partition coefficient (Wildman–Crippen LogP) is 4.13. The number of carbonyl (C=O) groups excluding carboxylic acids is 1. The van der Waals surface area contributed by atoms with Crippen LogP contribution in [0.4, 0.5) is 0 Å². The van der Waals surface area contributed by atoms with E-state index in [9.17, 15) is 9.59 Å². The van der Waals surface area contributed by atoms with E-state index in [1.54, 1.807) is 18.6 Å². The number of aromatic nitrogens is 1. The first-order valence-electron chi connectivity index (χ1n) is 10.3. The van der Waals surface area contributed by atoms with Gasteiger partial charge in [0.05, 0.1) is 18.7 Å². The van der Waals surface area contributed by atoms with E-state index in [2.05, 4.69) is 12.1 Å². The average Bonchev–Trinajstić information content (AvgIpc) is 3.41. The number of hydrogen-bond acceptors (Lipinski definition) is 6. The van der Waals surface area contributed by atoms with Crippen molar-refractivity contribution in [1.82, 2.24) is 4.57 Å². The van der Waals surface area contributed by atoms with Crippen LogP contribution in [0.25, 0.3) is 0 Å². The van der Waals surface area contributed by atoms with Gasteiger partial charge in [0.25, 0.3) is 0 Å². The Bertz CT molecular complexity index is 997. The first-order valence-corrected chi connectivity index (χ1v) is 12.0. The van der Waals surface area contributed by atoms with Gasteiger partial charge in [-0.05, 0) is 50.0 Å². The minimum atomic E-state index is -0.347. The lowest BCUT2D eigenvalue weighted by Gasteiger charge is -2.40. The fourth-order valence-corrected chi connectivity index (χ4v) is 8.84. The SMILES string of the molecule is CCOC(=O)Cn1c2c(sc1=O)[C@@H](c1ccccc1OC)C1C3CCC(C3)C1S2. The minimum absolute atomic E-state index is 0.00433. The molecule has 5 nitrogen and oxygen atoms in total. The number of esters is 1. The van der Waals surface area contributed by atoms with Gasteiger partial charge in [0, 0.05) is 21.6 Å². The summed E-state index contributed by atoms with van der Waals surface area (Å²) in [6.07, 6.45) is 3.84. The summed E-state index contributed by atoms with van der Waals surface area (Å²) in [5, 5.41) is 1.47. The molecule has 2 heterocycles. The number of para-hydroxylation sites is 1. The first-order chi connectivity index (χ1) is 14.1. The molecule has 2 aliphatic carbocycles. The van der Waals surface area contributed by atoms with Gasteiger partial charge in [-0.1, -0.05) is 29.5 Å². The highest BCUT2D eigenvalue weighted by Gasteiger charge is 2.55. The molecule has 0 saturated heterocycles. The van der Waals surface area contributed by atoms with Gasteiger partial charge in [0.1, 0.15) is 12.3 Å². The van der Waals surface area contributed by atoms with Crippen molar-refractivity contribution in [2.45, 2.75) is 48.9 Å². The van der Waals surface area contributed by atoms with Crippen LogP contribution >= 0.6 is 23.1 Å². The van der Waals surface area contributed by atoms with Crippen LogP contribution in [-0.4, -0.2) is 29.5 Å². The number of carbonyl (C=O) groups is 1. The summed E-state index contributed by atoms with van der Waals surface area (Å²) in [6, 6.07) is 8.21. The summed E-state index contributed by atoms with van der Waals surface area (Å²) < 4.78 is 12.5. The molecule has 0 N–H and O–H groups in total. The van der Waals surface area contributed by atoms with E-state index in [1.165, 1.54) is 36.2 Å². The Morgan fingerprint density at radius 2 is 2.03 bits per heavy atom. The molecule has 2 aromatic rings. The Kier molecular flexibility index (Phi) is 4.98. The quantitative estimate of drug-likeness (QED) is 0.666. The maximum Gasteiger partial charge on any atom is 0.326 e. The number of fused-ring (bicyclic) bond motifs is 6. The maximum absolute atomic E-state index is 12.9. The smallest absolute Gasteiger partial charge is 0.326 e. The Hall–Kier alpha value is -1.73. The summed E-state index contributed by atoms with van der Waals surface area (Å²) >= 11 is 3.13. The van der Waals surface area contributed by atoms with Crippen LogP contribution in [0.5, 0.6) is 5.75 Å². The van der Waals surface area contributed by atoms with E-state index in [0.717, 1.165) is 15.7 Å². The van der Waals surface area contributed by atoms with Gasteiger partial charge in [0.15, 0.2) is 0 Å². The third kappa shape index (κ3) is 3.05. The van der Waals surface area contributed by atoms with Gasteiger partial charge in [-0.3, -0.25) is 14.2 Å². The summed E-state index contributed by atoms with van der Waals surface area (Å²) in [4.78, 5) is 26.1. The van der Waals surface area contributed by atoms with E-state index in [4.69, 9.17) is 9.47 Å². The average molecular weight is 432 g/mol. The molecule has 1 aromatic carbocycles. The second-order valence-electron chi connectivity index (χ2n) is 8.14. The van der Waals surface area contributed by atoms with Crippen LogP contribution in [0.1, 0.15) is 42.5 Å². The molecule has 2 fully saturated rings. The molecule has 2 saturated carbocycles. The minimum Gasteiger partial charge on any atom is -0.496 e. The lowest BCUT2D eigenvalue weighted by atomic mass is 9.74. The van der Waals surface area contributed by atoms with Crippen LogP contribution in [0.2, 0.25) is 0 Å². The number of hydrogen-bond donors (Lipinski definition) is 0. The Morgan fingerprint density at radius 3 is 2.83 bits per heavy atom. The largest absolute Gasteiger partial charge is 0.496 e. The Labute approximate surface area is 178 Å². The zero-order chi connectivity index (χ0) is 20.1. The molecular weight excluding hydrogens is 406 g/mol. The molecule has 0 amide bonds. The van der Waals surface area contributed by atoms with Crippen molar-refractivity contribution in [2.75, 3.05) is 13.7 Å². The summed E-state index contributed by atoms with van der Waals surface area (Å²) in [5.41, 5.74) is 1.17. The van der Waals surface area contributed by atoms with Crippen molar-refractivity contribution >= 4 is 29.1 Å². The molecule has 0 spiro atoms. The van der Waals surface area contributed by atoms with E-state index in [0.29, 0.717) is 29.6 Å². The van der Waals surface area contributed by atoms with Crippen LogP contribution < -0.4 is 9.61 Å². The third-order valence-corrected chi connectivity index (χ3v) is 9.58. The molecule has 2 bridgehead atoms. The summed E-state index contributed by atoms with van der Waals surface area (Å²) in [7, 11) is 1.71. The number of benzene rings is 1. The van der Waals surface area contributed by atoms with Gasteiger partial charge < -0.3 is 9.47 Å². The first kappa shape index (κ1) is 19.2. The van der Waals surface area contributed by atoms with Crippen molar-refractivity contribution < 1.29 is 14.3 Å². The number of methoxy groups -OCH3 is 1. The molecule has 154 valence electrons. The van der Waals surface area contributed by atoms with Crippen LogP contribution in [0, 0.1) is 17.8 Å². The van der Waals surface area contributed by atoms with Gasteiger partial charge in [-0.25, -0.2) is 0 Å². The van der Waals surface area contributed by atoms with Crippen LogP contribution in [0.15, 0.2) is 34.1 Å². The molecular formula is C22H25NO4S2. The molecule has 1 aliphatic heterocycles. The molecule has 1 aromatic heterocycles. The highest BCUT2D eigenvalue weighted by molar-refractivity contribution is 8.00. The van der Waals surface area contributed by atoms with Crippen molar-refractivity contribution in [3.63, 3.8) is 0 Å². The second kappa shape index (κ2) is 7.51. The molecule has 5 rings (SSSR count). The summed E-state index contributed by atoms with van der Waals surface area (Å²) in [5.74, 6) is 2.62. The van der Waals surface area contributed by atoms with Crippen molar-refractivity contribution in [1.29, 1.82) is 0 Å². The predicted molar refractivity (Wildman–Crippen MR) is 114 cm³/mol. The highest BCUT2D eigenvalue weighted by Crippen LogP contribution is 2.64. The molecule has 7 heteroatoms. The fourth-order valence-electron chi connectivity index (χ4n) is 5.69. The molecule has 29 heavy (non-hydrogen) atoms. The molecule has 0 radical (unpaired) electrons. The molecule has 5 atom stereocenters. The number of nitrogens with zero attached hydrogens (tertiary/aromatic N) is 1. The monoisotopic (exact) mass is 431 g/mol. The fraction of sp³-hybridized carbons (Fsp3) is 0.545. The zero-order valence-electron chi connectivity index (χ0n) is 16.6. The van der Waals surface area contributed by atoms with Gasteiger partial charge in [-0.2, -0.15) is 0 Å². The van der Waals surface area contributed by atoms with Crippen LogP contribution in [-0.2, 0) is 16.1 Å². The van der Waals surface area contributed by atoms with E-state index in [1.807, 2.05) is 23.9 Å². The topological polar surface area (TPSA) is 57.5 Å². The molecule has 3 aliphatic rings. The number of ether oxygens (including phenoxy) is 2. The Balaban J connectivity index is 1.64. The van der Waals surface area contributed by atoms with Crippen molar-refractivity contribution in [3.8, 4) is 5.75 Å². The van der Waals surface area contributed by atoms with Crippen LogP contribution in [0.3, 0.4) is 0 Å². The lowest BCUT2D eigenvalue weighted by molar-refractivity contribution is -0.144. The summed E-state index contributed by atoms with van der Waals surface area (Å²) in [6.45, 7) is 2.11. The van der Waals surface area contributed by atoms with Gasteiger partial charge in [0.2, 0.25) is 0 Å². The number of rotatable bonds is 5.